The van der Waals surface area contributed by atoms with E-state index in [1.54, 1.807) is 25.3 Å². The summed E-state index contributed by atoms with van der Waals surface area (Å²) in [7, 11) is 4.54. The van der Waals surface area contributed by atoms with Crippen LogP contribution in [0, 0.1) is 0 Å². The van der Waals surface area contributed by atoms with Gasteiger partial charge >= 0.3 is 0 Å². The summed E-state index contributed by atoms with van der Waals surface area (Å²) in [5.74, 6) is 0.849. The molecule has 0 bridgehead atoms. The number of pyridine rings is 1. The first-order chi connectivity index (χ1) is 12.1. The van der Waals surface area contributed by atoms with Crippen molar-refractivity contribution in [2.75, 3.05) is 39.9 Å². The highest BCUT2D eigenvalue weighted by molar-refractivity contribution is 6.32. The maximum atomic E-state index is 12.4. The van der Waals surface area contributed by atoms with Gasteiger partial charge in [0.2, 0.25) is 5.88 Å². The number of halogens is 1. The third kappa shape index (κ3) is 4.98. The monoisotopic (exact) mass is 366 g/mol. The van der Waals surface area contributed by atoms with Crippen molar-refractivity contribution in [2.24, 2.45) is 0 Å². The minimum Gasteiger partial charge on any atom is -0.493 e. The Kier molecular flexibility index (Phi) is 6.85. The zero-order chi connectivity index (χ0) is 18.2. The van der Waals surface area contributed by atoms with Crippen molar-refractivity contribution >= 4 is 23.2 Å². The molecule has 7 nitrogen and oxygen atoms in total. The molecule has 2 aromatic rings. The fraction of sp³-hybridized carbons (Fsp3) is 0.294. The van der Waals surface area contributed by atoms with Gasteiger partial charge in [-0.1, -0.05) is 11.6 Å². The van der Waals surface area contributed by atoms with Crippen molar-refractivity contribution in [3.05, 3.63) is 41.0 Å². The van der Waals surface area contributed by atoms with Gasteiger partial charge in [0.25, 0.3) is 5.91 Å². The van der Waals surface area contributed by atoms with Crippen molar-refractivity contribution in [3.8, 4) is 17.4 Å². The van der Waals surface area contributed by atoms with Crippen LogP contribution in [-0.4, -0.2) is 45.4 Å². The van der Waals surface area contributed by atoms with Crippen LogP contribution in [0.25, 0.3) is 0 Å². The van der Waals surface area contributed by atoms with Crippen LogP contribution in [0.15, 0.2) is 30.5 Å². The Morgan fingerprint density at radius 1 is 1.16 bits per heavy atom. The molecule has 134 valence electrons. The molecule has 1 N–H and O–H groups in total. The average molecular weight is 367 g/mol. The van der Waals surface area contributed by atoms with Crippen LogP contribution in [0.4, 0.5) is 5.69 Å². The number of ether oxygens (including phenoxy) is 4. The number of benzene rings is 1. The first kappa shape index (κ1) is 18.8. The largest absolute Gasteiger partial charge is 0.493 e. The van der Waals surface area contributed by atoms with E-state index in [1.807, 2.05) is 0 Å². The maximum absolute atomic E-state index is 12.4. The van der Waals surface area contributed by atoms with E-state index >= 15 is 0 Å². The van der Waals surface area contributed by atoms with Crippen molar-refractivity contribution < 1.29 is 23.7 Å². The molecule has 25 heavy (non-hydrogen) atoms. The molecule has 1 aromatic carbocycles. The highest BCUT2D eigenvalue weighted by Gasteiger charge is 2.15. The maximum Gasteiger partial charge on any atom is 0.255 e. The average Bonchev–Trinajstić information content (AvgIpc) is 2.62. The molecule has 0 aliphatic carbocycles. The number of hydrogen-bond donors (Lipinski definition) is 1. The Morgan fingerprint density at radius 2 is 1.96 bits per heavy atom. The van der Waals surface area contributed by atoms with Gasteiger partial charge in [-0.3, -0.25) is 4.79 Å². The number of methoxy groups -OCH3 is 3. The molecule has 0 aliphatic rings. The quantitative estimate of drug-likeness (QED) is 0.723. The predicted molar refractivity (Wildman–Crippen MR) is 94.1 cm³/mol. The minimum absolute atomic E-state index is 0.284. The first-order valence-electron chi connectivity index (χ1n) is 7.39. The van der Waals surface area contributed by atoms with Gasteiger partial charge in [-0.25, -0.2) is 4.98 Å². The molecule has 0 saturated heterocycles. The van der Waals surface area contributed by atoms with Crippen LogP contribution >= 0.6 is 11.6 Å². The standard InChI is InChI=1S/C17H19ClN2O5/c1-22-6-7-25-15-5-4-12(10-19-15)20-17(21)11-8-13(18)16(24-3)14(9-11)23-2/h4-5,8-10H,6-7H2,1-3H3,(H,20,21). The summed E-state index contributed by atoms with van der Waals surface area (Å²) in [6, 6.07) is 6.41. The normalized spacial score (nSPS) is 10.2. The molecule has 2 rings (SSSR count). The van der Waals surface area contributed by atoms with Crippen molar-refractivity contribution in [3.63, 3.8) is 0 Å². The van der Waals surface area contributed by atoms with Gasteiger partial charge in [-0.05, 0) is 18.2 Å². The minimum atomic E-state index is -0.349. The molecular weight excluding hydrogens is 348 g/mol. The molecule has 1 heterocycles. The van der Waals surface area contributed by atoms with E-state index in [2.05, 4.69) is 10.3 Å². The molecule has 0 radical (unpaired) electrons. The van der Waals surface area contributed by atoms with Crippen LogP contribution < -0.4 is 19.5 Å². The third-order valence-electron chi connectivity index (χ3n) is 3.23. The van der Waals surface area contributed by atoms with Gasteiger partial charge in [0, 0.05) is 18.7 Å². The summed E-state index contributed by atoms with van der Waals surface area (Å²) < 4.78 is 20.6. The Balaban J connectivity index is 2.08. The van der Waals surface area contributed by atoms with Gasteiger partial charge in [-0.15, -0.1) is 0 Å². The summed E-state index contributed by atoms with van der Waals surface area (Å²) in [6.07, 6.45) is 1.50. The fourth-order valence-corrected chi connectivity index (χ4v) is 2.31. The molecule has 0 saturated carbocycles. The molecule has 1 aromatic heterocycles. The van der Waals surface area contributed by atoms with E-state index < -0.39 is 0 Å². The van der Waals surface area contributed by atoms with E-state index in [4.69, 9.17) is 30.5 Å². The Labute approximate surface area is 150 Å². The topological polar surface area (TPSA) is 78.9 Å². The Hall–Kier alpha value is -2.51. The molecule has 8 heteroatoms. The van der Waals surface area contributed by atoms with Gasteiger partial charge in [0.05, 0.1) is 37.7 Å². The Morgan fingerprint density at radius 3 is 2.56 bits per heavy atom. The van der Waals surface area contributed by atoms with E-state index in [1.165, 1.54) is 26.5 Å². The molecule has 0 unspecified atom stereocenters. The second kappa shape index (κ2) is 9.10. The van der Waals surface area contributed by atoms with E-state index in [0.717, 1.165) is 0 Å². The van der Waals surface area contributed by atoms with Gasteiger partial charge in [0.15, 0.2) is 11.5 Å². The lowest BCUT2D eigenvalue weighted by molar-refractivity contribution is 0.102. The number of aromatic nitrogens is 1. The van der Waals surface area contributed by atoms with E-state index in [0.29, 0.717) is 41.8 Å². The summed E-state index contributed by atoms with van der Waals surface area (Å²) in [4.78, 5) is 16.5. The zero-order valence-corrected chi connectivity index (χ0v) is 14.9. The number of carbonyl (C=O) groups is 1. The number of hydrogen-bond acceptors (Lipinski definition) is 6. The number of rotatable bonds is 8. The van der Waals surface area contributed by atoms with Crippen LogP contribution in [0.5, 0.6) is 17.4 Å². The summed E-state index contributed by atoms with van der Waals surface area (Å²) in [6.45, 7) is 0.875. The molecule has 0 spiro atoms. The van der Waals surface area contributed by atoms with Crippen LogP contribution in [0.3, 0.4) is 0 Å². The van der Waals surface area contributed by atoms with Crippen LogP contribution in [-0.2, 0) is 4.74 Å². The van der Waals surface area contributed by atoms with E-state index in [9.17, 15) is 4.79 Å². The van der Waals surface area contributed by atoms with Crippen molar-refractivity contribution in [1.82, 2.24) is 4.98 Å². The SMILES string of the molecule is COCCOc1ccc(NC(=O)c2cc(Cl)c(OC)c(OC)c2)cn1. The van der Waals surface area contributed by atoms with Crippen molar-refractivity contribution in [1.29, 1.82) is 0 Å². The molecule has 0 atom stereocenters. The lowest BCUT2D eigenvalue weighted by Crippen LogP contribution is -2.13. The zero-order valence-electron chi connectivity index (χ0n) is 14.2. The second-order valence-corrected chi connectivity index (χ2v) is 5.28. The lowest BCUT2D eigenvalue weighted by Gasteiger charge is -2.12. The summed E-state index contributed by atoms with van der Waals surface area (Å²) in [5, 5.41) is 3.02. The second-order valence-electron chi connectivity index (χ2n) is 4.87. The highest BCUT2D eigenvalue weighted by atomic mass is 35.5. The van der Waals surface area contributed by atoms with E-state index in [-0.39, 0.29) is 10.9 Å². The molecule has 0 aliphatic heterocycles. The summed E-state index contributed by atoms with van der Waals surface area (Å²) >= 11 is 6.12. The van der Waals surface area contributed by atoms with Crippen LogP contribution in [0.2, 0.25) is 5.02 Å². The Bertz CT molecular complexity index is 722. The molecule has 0 fully saturated rings. The molecular formula is C17H19ClN2O5. The predicted octanol–water partition coefficient (Wildman–Crippen LogP) is 3.03. The summed E-state index contributed by atoms with van der Waals surface area (Å²) in [5.41, 5.74) is 0.859. The number of amides is 1. The smallest absolute Gasteiger partial charge is 0.255 e. The number of anilines is 1. The van der Waals surface area contributed by atoms with Gasteiger partial charge < -0.3 is 24.3 Å². The highest BCUT2D eigenvalue weighted by Crippen LogP contribution is 2.36. The van der Waals surface area contributed by atoms with Crippen molar-refractivity contribution in [2.45, 2.75) is 0 Å². The van der Waals surface area contributed by atoms with Gasteiger partial charge in [-0.2, -0.15) is 0 Å². The van der Waals surface area contributed by atoms with Crippen LogP contribution in [0.1, 0.15) is 10.4 Å². The fourth-order valence-electron chi connectivity index (χ4n) is 2.02. The number of carbonyl (C=O) groups excluding carboxylic acids is 1. The third-order valence-corrected chi connectivity index (χ3v) is 3.51. The lowest BCUT2D eigenvalue weighted by atomic mass is 10.2. The number of nitrogens with one attached hydrogen (secondary N) is 1. The number of nitrogens with zero attached hydrogens (tertiary/aromatic N) is 1. The first-order valence-corrected chi connectivity index (χ1v) is 7.77. The molecule has 1 amide bonds. The van der Waals surface area contributed by atoms with Gasteiger partial charge in [0.1, 0.15) is 6.61 Å².